The summed E-state index contributed by atoms with van der Waals surface area (Å²) >= 11 is 0. The largest absolute Gasteiger partial charge is 0.477 e. The summed E-state index contributed by atoms with van der Waals surface area (Å²) in [5.41, 5.74) is 0.826. The summed E-state index contributed by atoms with van der Waals surface area (Å²) in [6.45, 7) is 1.37. The molecule has 2 rings (SSSR count). The number of aromatic carboxylic acids is 1. The summed E-state index contributed by atoms with van der Waals surface area (Å²) in [6, 6.07) is 10.6. The van der Waals surface area contributed by atoms with Gasteiger partial charge < -0.3 is 10.4 Å². The number of nitrogens with zero attached hydrogens (tertiary/aromatic N) is 1. The van der Waals surface area contributed by atoms with Gasteiger partial charge in [0.15, 0.2) is 0 Å². The topological polar surface area (TPSA) is 110 Å². The highest BCUT2D eigenvalue weighted by atomic mass is 16.6. The number of amides is 1. The second-order valence-electron chi connectivity index (χ2n) is 4.56. The van der Waals surface area contributed by atoms with Crippen LogP contribution < -0.4 is 5.32 Å². The lowest BCUT2D eigenvalue weighted by molar-refractivity contribution is -0.385. The molecule has 0 fully saturated rings. The third-order valence-electron chi connectivity index (χ3n) is 2.94. The molecule has 0 saturated carbocycles. The monoisotopic (exact) mass is 300 g/mol. The van der Waals surface area contributed by atoms with Crippen LogP contribution in [-0.4, -0.2) is 21.9 Å². The van der Waals surface area contributed by atoms with E-state index in [2.05, 4.69) is 5.32 Å². The van der Waals surface area contributed by atoms with E-state index in [1.807, 2.05) is 0 Å². The summed E-state index contributed by atoms with van der Waals surface area (Å²) in [7, 11) is 0. The van der Waals surface area contributed by atoms with Crippen molar-refractivity contribution in [1.29, 1.82) is 0 Å². The Bertz CT molecular complexity index is 770. The number of carboxylic acids is 1. The van der Waals surface area contributed by atoms with Crippen molar-refractivity contribution in [1.82, 2.24) is 0 Å². The van der Waals surface area contributed by atoms with E-state index < -0.39 is 16.6 Å². The van der Waals surface area contributed by atoms with Gasteiger partial charge in [-0.2, -0.15) is 0 Å². The van der Waals surface area contributed by atoms with Gasteiger partial charge >= 0.3 is 5.97 Å². The van der Waals surface area contributed by atoms with Crippen LogP contribution in [0, 0.1) is 10.1 Å². The Morgan fingerprint density at radius 1 is 1.14 bits per heavy atom. The fourth-order valence-corrected chi connectivity index (χ4v) is 2.02. The number of nitro groups is 1. The van der Waals surface area contributed by atoms with Crippen molar-refractivity contribution in [2.45, 2.75) is 6.92 Å². The van der Waals surface area contributed by atoms with E-state index in [1.165, 1.54) is 25.1 Å². The minimum atomic E-state index is -1.36. The van der Waals surface area contributed by atoms with Crippen LogP contribution in [0.25, 0.3) is 11.1 Å². The van der Waals surface area contributed by atoms with Gasteiger partial charge in [0.1, 0.15) is 5.56 Å². The zero-order valence-corrected chi connectivity index (χ0v) is 11.6. The van der Waals surface area contributed by atoms with Crippen molar-refractivity contribution in [2.24, 2.45) is 0 Å². The molecule has 2 aromatic carbocycles. The van der Waals surface area contributed by atoms with Crippen LogP contribution in [0.15, 0.2) is 42.5 Å². The molecule has 0 saturated heterocycles. The number of carbonyl (C=O) groups excluding carboxylic acids is 1. The molecule has 0 atom stereocenters. The molecule has 0 aromatic heterocycles. The van der Waals surface area contributed by atoms with Gasteiger partial charge in [-0.1, -0.05) is 18.2 Å². The lowest BCUT2D eigenvalue weighted by atomic mass is 10.0. The average molecular weight is 300 g/mol. The van der Waals surface area contributed by atoms with E-state index in [-0.39, 0.29) is 11.5 Å². The Hall–Kier alpha value is -3.22. The van der Waals surface area contributed by atoms with Crippen LogP contribution in [0.3, 0.4) is 0 Å². The molecule has 1 amide bonds. The normalized spacial score (nSPS) is 10.0. The van der Waals surface area contributed by atoms with Gasteiger partial charge in [0.05, 0.1) is 4.92 Å². The number of nitrogens with one attached hydrogen (secondary N) is 1. The zero-order valence-electron chi connectivity index (χ0n) is 11.6. The molecule has 0 radical (unpaired) electrons. The molecule has 22 heavy (non-hydrogen) atoms. The summed E-state index contributed by atoms with van der Waals surface area (Å²) < 4.78 is 0. The second kappa shape index (κ2) is 6.04. The van der Waals surface area contributed by atoms with Crippen LogP contribution in [0.5, 0.6) is 0 Å². The maximum absolute atomic E-state index is 11.1. The van der Waals surface area contributed by atoms with Gasteiger partial charge in [0.2, 0.25) is 5.91 Å². The Morgan fingerprint density at radius 2 is 1.82 bits per heavy atom. The molecule has 0 aliphatic carbocycles. The molecular weight excluding hydrogens is 288 g/mol. The third-order valence-corrected chi connectivity index (χ3v) is 2.94. The summed E-state index contributed by atoms with van der Waals surface area (Å²) in [5.74, 6) is -1.59. The van der Waals surface area contributed by atoms with Gasteiger partial charge in [-0.15, -0.1) is 0 Å². The maximum Gasteiger partial charge on any atom is 0.342 e. The number of anilines is 1. The van der Waals surface area contributed by atoms with Crippen LogP contribution in [0.4, 0.5) is 11.4 Å². The van der Waals surface area contributed by atoms with Crippen molar-refractivity contribution in [3.05, 3.63) is 58.1 Å². The summed E-state index contributed by atoms with van der Waals surface area (Å²) in [5, 5.41) is 22.6. The smallest absolute Gasteiger partial charge is 0.342 e. The number of hydrogen-bond donors (Lipinski definition) is 2. The summed E-state index contributed by atoms with van der Waals surface area (Å²) in [6.07, 6.45) is 0. The number of carbonyl (C=O) groups is 2. The Morgan fingerprint density at radius 3 is 2.41 bits per heavy atom. The quantitative estimate of drug-likeness (QED) is 0.666. The molecule has 0 bridgehead atoms. The van der Waals surface area contributed by atoms with Gasteiger partial charge in [-0.25, -0.2) is 4.79 Å². The predicted octanol–water partition coefficient (Wildman–Crippen LogP) is 2.92. The number of benzene rings is 2. The first-order valence-electron chi connectivity index (χ1n) is 6.28. The molecule has 7 nitrogen and oxygen atoms in total. The van der Waals surface area contributed by atoms with Gasteiger partial charge in [-0.05, 0) is 29.3 Å². The van der Waals surface area contributed by atoms with E-state index in [0.29, 0.717) is 16.8 Å². The van der Waals surface area contributed by atoms with E-state index in [1.54, 1.807) is 24.3 Å². The van der Waals surface area contributed by atoms with Crippen LogP contribution in [-0.2, 0) is 4.79 Å². The fourth-order valence-electron chi connectivity index (χ4n) is 2.02. The van der Waals surface area contributed by atoms with Crippen molar-refractivity contribution >= 4 is 23.3 Å². The molecule has 7 heteroatoms. The minimum absolute atomic E-state index is 0.232. The van der Waals surface area contributed by atoms with Crippen molar-refractivity contribution in [2.75, 3.05) is 5.32 Å². The van der Waals surface area contributed by atoms with E-state index in [0.717, 1.165) is 0 Å². The van der Waals surface area contributed by atoms with E-state index >= 15 is 0 Å². The maximum atomic E-state index is 11.1. The van der Waals surface area contributed by atoms with Gasteiger partial charge in [0.25, 0.3) is 5.69 Å². The Balaban J connectivity index is 2.49. The first kappa shape index (κ1) is 15.2. The second-order valence-corrected chi connectivity index (χ2v) is 4.56. The van der Waals surface area contributed by atoms with E-state index in [4.69, 9.17) is 5.11 Å². The number of carboxylic acid groups (broad SMARTS) is 1. The minimum Gasteiger partial charge on any atom is -0.477 e. The fraction of sp³-hybridized carbons (Fsp3) is 0.0667. The molecular formula is C15H12N2O5. The summed E-state index contributed by atoms with van der Waals surface area (Å²) in [4.78, 5) is 32.3. The van der Waals surface area contributed by atoms with Crippen molar-refractivity contribution in [3.8, 4) is 11.1 Å². The van der Waals surface area contributed by atoms with Crippen molar-refractivity contribution < 1.29 is 19.6 Å². The predicted molar refractivity (Wildman–Crippen MR) is 79.8 cm³/mol. The van der Waals surface area contributed by atoms with Crippen LogP contribution in [0.2, 0.25) is 0 Å². The van der Waals surface area contributed by atoms with E-state index in [9.17, 15) is 19.7 Å². The average Bonchev–Trinajstić information content (AvgIpc) is 2.46. The first-order valence-corrected chi connectivity index (χ1v) is 6.28. The van der Waals surface area contributed by atoms with Crippen molar-refractivity contribution in [3.63, 3.8) is 0 Å². The molecule has 0 heterocycles. The Labute approximate surface area is 125 Å². The molecule has 0 unspecified atom stereocenters. The SMILES string of the molecule is CC(=O)Nc1cccc(-c2ccc(C(=O)O)c([N+](=O)[O-])c2)c1. The van der Waals surface area contributed by atoms with Gasteiger partial charge in [-0.3, -0.25) is 14.9 Å². The lowest BCUT2D eigenvalue weighted by Crippen LogP contribution is -2.05. The molecule has 112 valence electrons. The first-order chi connectivity index (χ1) is 10.4. The molecule has 2 aromatic rings. The van der Waals surface area contributed by atoms with Crippen LogP contribution >= 0.6 is 0 Å². The molecule has 0 spiro atoms. The molecule has 2 N–H and O–H groups in total. The molecule has 0 aliphatic heterocycles. The number of nitro benzene ring substituents is 1. The zero-order chi connectivity index (χ0) is 16.3. The Kier molecular flexibility index (Phi) is 4.17. The highest BCUT2D eigenvalue weighted by Gasteiger charge is 2.20. The highest BCUT2D eigenvalue weighted by molar-refractivity contribution is 5.94. The third kappa shape index (κ3) is 3.26. The van der Waals surface area contributed by atoms with Crippen LogP contribution in [0.1, 0.15) is 17.3 Å². The number of rotatable bonds is 4. The number of hydrogen-bond acceptors (Lipinski definition) is 4. The van der Waals surface area contributed by atoms with Gasteiger partial charge in [0, 0.05) is 18.7 Å². The molecule has 0 aliphatic rings. The lowest BCUT2D eigenvalue weighted by Gasteiger charge is -2.07. The standard InChI is InChI=1S/C15H12N2O5/c1-9(18)16-12-4-2-3-10(7-12)11-5-6-13(15(19)20)14(8-11)17(21)22/h2-8H,1H3,(H,16,18)(H,19,20). The highest BCUT2D eigenvalue weighted by Crippen LogP contribution is 2.28.